The van der Waals surface area contributed by atoms with Crippen molar-refractivity contribution in [1.29, 1.82) is 0 Å². The zero-order valence-electron chi connectivity index (χ0n) is 14.3. The van der Waals surface area contributed by atoms with E-state index in [1.54, 1.807) is 13.3 Å². The van der Waals surface area contributed by atoms with Crippen LogP contribution >= 0.6 is 0 Å². The van der Waals surface area contributed by atoms with Gasteiger partial charge >= 0.3 is 0 Å². The highest BCUT2D eigenvalue weighted by molar-refractivity contribution is 6.06. The van der Waals surface area contributed by atoms with Gasteiger partial charge < -0.3 is 14.8 Å². The molecule has 0 amide bonds. The van der Waals surface area contributed by atoms with E-state index in [1.807, 2.05) is 0 Å². The lowest BCUT2D eigenvalue weighted by Gasteiger charge is -2.11. The third-order valence-electron chi connectivity index (χ3n) is 4.62. The van der Waals surface area contributed by atoms with Crippen LogP contribution in [0.2, 0.25) is 0 Å². The van der Waals surface area contributed by atoms with Crippen molar-refractivity contribution >= 4 is 28.0 Å². The van der Waals surface area contributed by atoms with Gasteiger partial charge in [-0.3, -0.25) is 0 Å². The van der Waals surface area contributed by atoms with Crippen LogP contribution < -0.4 is 5.32 Å². The molecule has 1 atom stereocenters. The van der Waals surface area contributed by atoms with Gasteiger partial charge in [0.15, 0.2) is 11.4 Å². The lowest BCUT2D eigenvalue weighted by atomic mass is 9.99. The van der Waals surface area contributed by atoms with Crippen LogP contribution in [0.1, 0.15) is 49.9 Å². The van der Waals surface area contributed by atoms with E-state index >= 15 is 0 Å². The lowest BCUT2D eigenvalue weighted by molar-refractivity contribution is 0.208. The highest BCUT2D eigenvalue weighted by Crippen LogP contribution is 2.39. The Labute approximate surface area is 140 Å². The van der Waals surface area contributed by atoms with Crippen LogP contribution in [0.5, 0.6) is 0 Å². The number of aliphatic hydroxyl groups excluding tert-OH is 1. The summed E-state index contributed by atoms with van der Waals surface area (Å²) < 4.78 is 6.05. The Morgan fingerprint density at radius 2 is 2.00 bits per heavy atom. The largest absolute Gasteiger partial charge is 0.432 e. The second-order valence-corrected chi connectivity index (χ2v) is 6.87. The Morgan fingerprint density at radius 1 is 1.21 bits per heavy atom. The fraction of sp³-hybridized carbons (Fsp3) is 0.500. The highest BCUT2D eigenvalue weighted by atomic mass is 16.3. The molecule has 0 spiro atoms. The van der Waals surface area contributed by atoms with Crippen molar-refractivity contribution in [2.24, 2.45) is 0 Å². The molecule has 1 aliphatic carbocycles. The fourth-order valence-corrected chi connectivity index (χ4v) is 3.58. The number of furan rings is 1. The first kappa shape index (κ1) is 15.3. The summed E-state index contributed by atoms with van der Waals surface area (Å²) in [4.78, 5) is 13.5. The van der Waals surface area contributed by atoms with Gasteiger partial charge in [0, 0.05) is 6.54 Å². The van der Waals surface area contributed by atoms with Crippen molar-refractivity contribution < 1.29 is 9.52 Å². The van der Waals surface area contributed by atoms with E-state index in [2.05, 4.69) is 29.1 Å². The van der Waals surface area contributed by atoms with Gasteiger partial charge in [-0.1, -0.05) is 13.8 Å². The second kappa shape index (κ2) is 5.70. The summed E-state index contributed by atoms with van der Waals surface area (Å²) in [6, 6.07) is 0. The van der Waals surface area contributed by atoms with E-state index in [1.165, 1.54) is 11.1 Å². The Bertz CT molecular complexity index is 914. The minimum atomic E-state index is -0.464. The van der Waals surface area contributed by atoms with Crippen molar-refractivity contribution in [2.45, 2.75) is 52.1 Å². The molecular formula is C18H22N4O2. The van der Waals surface area contributed by atoms with Crippen molar-refractivity contribution in [3.8, 4) is 0 Å². The van der Waals surface area contributed by atoms with Gasteiger partial charge in [-0.2, -0.15) is 0 Å². The van der Waals surface area contributed by atoms with Gasteiger partial charge in [-0.05, 0) is 43.2 Å². The van der Waals surface area contributed by atoms with Crippen LogP contribution in [0.25, 0.3) is 22.2 Å². The molecule has 0 unspecified atom stereocenters. The molecule has 0 aliphatic heterocycles. The maximum absolute atomic E-state index is 9.50. The van der Waals surface area contributed by atoms with E-state index in [0.717, 1.165) is 35.9 Å². The zero-order valence-corrected chi connectivity index (χ0v) is 14.3. The molecule has 4 rings (SSSR count). The first-order valence-corrected chi connectivity index (χ1v) is 8.57. The number of pyridine rings is 1. The summed E-state index contributed by atoms with van der Waals surface area (Å²) in [5.74, 6) is 0.977. The maximum atomic E-state index is 9.50. The Morgan fingerprint density at radius 3 is 2.75 bits per heavy atom. The van der Waals surface area contributed by atoms with Gasteiger partial charge in [0.05, 0.1) is 17.2 Å². The van der Waals surface area contributed by atoms with Gasteiger partial charge in [-0.15, -0.1) is 0 Å². The summed E-state index contributed by atoms with van der Waals surface area (Å²) in [5.41, 5.74) is 5.93. The first-order chi connectivity index (χ1) is 11.6. The van der Waals surface area contributed by atoms with Gasteiger partial charge in [0.1, 0.15) is 11.8 Å². The quantitative estimate of drug-likeness (QED) is 0.766. The normalized spacial score (nSPS) is 15.4. The summed E-state index contributed by atoms with van der Waals surface area (Å²) in [5, 5.41) is 13.7. The molecule has 6 heteroatoms. The van der Waals surface area contributed by atoms with Gasteiger partial charge in [0.25, 0.3) is 0 Å². The van der Waals surface area contributed by atoms with Crippen molar-refractivity contribution in [2.75, 3.05) is 11.9 Å². The molecule has 3 aromatic heterocycles. The van der Waals surface area contributed by atoms with Crippen molar-refractivity contribution in [3.63, 3.8) is 0 Å². The smallest absolute Gasteiger partial charge is 0.229 e. The predicted octanol–water partition coefficient (Wildman–Crippen LogP) is 3.18. The number of aryl methyl sites for hydroxylation is 1. The minimum absolute atomic E-state index is 0.369. The average Bonchev–Trinajstić information content (AvgIpc) is 3.15. The number of nitrogens with one attached hydrogen (secondary N) is 1. The zero-order chi connectivity index (χ0) is 16.8. The number of hydrogen-bond acceptors (Lipinski definition) is 6. The van der Waals surface area contributed by atoms with Crippen molar-refractivity contribution in [1.82, 2.24) is 15.0 Å². The van der Waals surface area contributed by atoms with Crippen LogP contribution in [0.4, 0.5) is 5.82 Å². The van der Waals surface area contributed by atoms with E-state index in [4.69, 9.17) is 9.40 Å². The topological polar surface area (TPSA) is 84.1 Å². The van der Waals surface area contributed by atoms with Crippen LogP contribution in [0, 0.1) is 0 Å². The molecule has 3 aromatic rings. The average molecular weight is 326 g/mol. The number of rotatable bonds is 4. The maximum Gasteiger partial charge on any atom is 0.229 e. The summed E-state index contributed by atoms with van der Waals surface area (Å²) in [7, 11) is 0. The minimum Gasteiger partial charge on any atom is -0.432 e. The summed E-state index contributed by atoms with van der Waals surface area (Å²) >= 11 is 0. The Hall–Kier alpha value is -2.21. The molecule has 3 heterocycles. The SMILES string of the molecule is CC(C)c1nc2oc3c(NC[C@@H](C)O)ncnc3c2c2c1CCC2. The molecular weight excluding hydrogens is 304 g/mol. The molecule has 0 aromatic carbocycles. The van der Waals surface area contributed by atoms with Gasteiger partial charge in [-0.25, -0.2) is 15.0 Å². The third kappa shape index (κ3) is 2.33. The monoisotopic (exact) mass is 326 g/mol. The standard InChI is InChI=1S/C18H22N4O2/c1-9(2)14-12-6-4-5-11(12)13-15-16(24-18(13)22-14)17(21-8-20-15)19-7-10(3)23/h8-10,23H,4-7H2,1-3H3,(H,19,20,21)/t10-/m1/s1. The number of aliphatic hydroxyl groups is 1. The number of nitrogens with zero attached hydrogens (tertiary/aromatic N) is 3. The van der Waals surface area contributed by atoms with E-state index in [9.17, 15) is 5.11 Å². The molecule has 2 N–H and O–H groups in total. The number of fused-ring (bicyclic) bond motifs is 5. The summed E-state index contributed by atoms with van der Waals surface area (Å²) in [6.45, 7) is 6.48. The van der Waals surface area contributed by atoms with Crippen LogP contribution in [0.3, 0.4) is 0 Å². The van der Waals surface area contributed by atoms with E-state index in [0.29, 0.717) is 29.6 Å². The predicted molar refractivity (Wildman–Crippen MR) is 93.4 cm³/mol. The number of hydrogen-bond donors (Lipinski definition) is 2. The van der Waals surface area contributed by atoms with Crippen LogP contribution in [0.15, 0.2) is 10.7 Å². The molecule has 6 nitrogen and oxygen atoms in total. The molecule has 0 bridgehead atoms. The molecule has 0 fully saturated rings. The van der Waals surface area contributed by atoms with Crippen molar-refractivity contribution in [3.05, 3.63) is 23.1 Å². The second-order valence-electron chi connectivity index (χ2n) is 6.87. The molecule has 0 radical (unpaired) electrons. The number of anilines is 1. The Balaban J connectivity index is 1.97. The Kier molecular flexibility index (Phi) is 3.64. The fourth-order valence-electron chi connectivity index (χ4n) is 3.58. The lowest BCUT2D eigenvalue weighted by Crippen LogP contribution is -2.16. The molecule has 0 saturated heterocycles. The highest BCUT2D eigenvalue weighted by Gasteiger charge is 2.26. The number of aromatic nitrogens is 3. The third-order valence-corrected chi connectivity index (χ3v) is 4.62. The molecule has 126 valence electrons. The van der Waals surface area contributed by atoms with Crippen LogP contribution in [-0.2, 0) is 12.8 Å². The molecule has 1 aliphatic rings. The molecule has 24 heavy (non-hydrogen) atoms. The van der Waals surface area contributed by atoms with Gasteiger partial charge in [0.2, 0.25) is 5.71 Å². The molecule has 0 saturated carbocycles. The van der Waals surface area contributed by atoms with E-state index in [-0.39, 0.29) is 0 Å². The first-order valence-electron chi connectivity index (χ1n) is 8.57. The van der Waals surface area contributed by atoms with Crippen LogP contribution in [-0.4, -0.2) is 32.7 Å². The van der Waals surface area contributed by atoms with E-state index < -0.39 is 6.10 Å². The summed E-state index contributed by atoms with van der Waals surface area (Å²) in [6.07, 6.45) is 4.36.